The summed E-state index contributed by atoms with van der Waals surface area (Å²) in [5.41, 5.74) is 4.01. The molecule has 2 aromatic carbocycles. The van der Waals surface area contributed by atoms with E-state index in [4.69, 9.17) is 16.0 Å². The number of benzene rings is 2. The zero-order valence-electron chi connectivity index (χ0n) is 12.4. The van der Waals surface area contributed by atoms with Gasteiger partial charge >= 0.3 is 0 Å². The highest BCUT2D eigenvalue weighted by molar-refractivity contribution is 6.31. The van der Waals surface area contributed by atoms with Gasteiger partial charge in [0.15, 0.2) is 5.76 Å². The first kappa shape index (κ1) is 14.6. The van der Waals surface area contributed by atoms with Crippen LogP contribution in [0, 0.1) is 13.8 Å². The van der Waals surface area contributed by atoms with Crippen LogP contribution in [0.5, 0.6) is 0 Å². The zero-order chi connectivity index (χ0) is 15.7. The third-order valence-electron chi connectivity index (χ3n) is 3.39. The SMILES string of the molecule is Cc1cc(C)cc(C=CC(=O)c2cc3cc(Cl)ccc3o2)c1. The van der Waals surface area contributed by atoms with Gasteiger partial charge in [-0.05, 0) is 49.8 Å². The third kappa shape index (κ3) is 3.12. The number of allylic oxidation sites excluding steroid dienone is 1. The Morgan fingerprint density at radius 2 is 1.77 bits per heavy atom. The van der Waals surface area contributed by atoms with E-state index in [-0.39, 0.29) is 5.78 Å². The second kappa shape index (κ2) is 5.82. The Kier molecular flexibility index (Phi) is 3.86. The van der Waals surface area contributed by atoms with E-state index in [1.165, 1.54) is 17.2 Å². The number of fused-ring (bicyclic) bond motifs is 1. The molecule has 0 aliphatic carbocycles. The minimum Gasteiger partial charge on any atom is -0.453 e. The lowest BCUT2D eigenvalue weighted by Crippen LogP contribution is -1.90. The Balaban J connectivity index is 1.87. The summed E-state index contributed by atoms with van der Waals surface area (Å²) in [5.74, 6) is 0.157. The quantitative estimate of drug-likeness (QED) is 0.465. The molecular formula is C19H15ClO2. The third-order valence-corrected chi connectivity index (χ3v) is 3.63. The molecule has 0 bridgehead atoms. The molecule has 0 aliphatic rings. The van der Waals surface area contributed by atoms with E-state index >= 15 is 0 Å². The largest absolute Gasteiger partial charge is 0.453 e. The highest BCUT2D eigenvalue weighted by Gasteiger charge is 2.09. The van der Waals surface area contributed by atoms with Crippen LogP contribution in [0.25, 0.3) is 17.0 Å². The summed E-state index contributed by atoms with van der Waals surface area (Å²) in [5, 5.41) is 1.45. The zero-order valence-corrected chi connectivity index (χ0v) is 13.1. The molecule has 110 valence electrons. The minimum atomic E-state index is -0.161. The van der Waals surface area contributed by atoms with Crippen LogP contribution >= 0.6 is 11.6 Å². The first-order valence-electron chi connectivity index (χ1n) is 7.01. The fourth-order valence-electron chi connectivity index (χ4n) is 2.50. The number of hydrogen-bond acceptors (Lipinski definition) is 2. The van der Waals surface area contributed by atoms with E-state index in [0.29, 0.717) is 16.4 Å². The van der Waals surface area contributed by atoms with Crippen LogP contribution in [0.2, 0.25) is 5.02 Å². The molecule has 1 aromatic heterocycles. The van der Waals surface area contributed by atoms with E-state index in [2.05, 4.69) is 6.07 Å². The lowest BCUT2D eigenvalue weighted by atomic mass is 10.1. The second-order valence-corrected chi connectivity index (χ2v) is 5.85. The van der Waals surface area contributed by atoms with Crippen LogP contribution in [-0.4, -0.2) is 5.78 Å². The predicted molar refractivity (Wildman–Crippen MR) is 90.5 cm³/mol. The Labute approximate surface area is 134 Å². The molecule has 3 heteroatoms. The Morgan fingerprint density at radius 3 is 2.50 bits per heavy atom. The highest BCUT2D eigenvalue weighted by atomic mass is 35.5. The fraction of sp³-hybridized carbons (Fsp3) is 0.105. The van der Waals surface area contributed by atoms with Crippen LogP contribution in [0.3, 0.4) is 0 Å². The summed E-state index contributed by atoms with van der Waals surface area (Å²) in [7, 11) is 0. The van der Waals surface area contributed by atoms with Crippen molar-refractivity contribution in [2.75, 3.05) is 0 Å². The number of halogens is 1. The summed E-state index contributed by atoms with van der Waals surface area (Å²) in [4.78, 5) is 12.2. The van der Waals surface area contributed by atoms with Gasteiger partial charge in [-0.3, -0.25) is 4.79 Å². The summed E-state index contributed by atoms with van der Waals surface area (Å²) in [6, 6.07) is 13.2. The molecule has 0 spiro atoms. The highest BCUT2D eigenvalue weighted by Crippen LogP contribution is 2.23. The van der Waals surface area contributed by atoms with E-state index in [9.17, 15) is 4.79 Å². The van der Waals surface area contributed by atoms with Crippen molar-refractivity contribution in [2.24, 2.45) is 0 Å². The molecule has 0 N–H and O–H groups in total. The monoisotopic (exact) mass is 310 g/mol. The van der Waals surface area contributed by atoms with Gasteiger partial charge < -0.3 is 4.42 Å². The first-order valence-corrected chi connectivity index (χ1v) is 7.39. The number of rotatable bonds is 3. The summed E-state index contributed by atoms with van der Waals surface area (Å²) >= 11 is 5.94. The average molecular weight is 311 g/mol. The van der Waals surface area contributed by atoms with Gasteiger partial charge in [-0.1, -0.05) is 47.0 Å². The van der Waals surface area contributed by atoms with Crippen molar-refractivity contribution in [1.29, 1.82) is 0 Å². The average Bonchev–Trinajstić information content (AvgIpc) is 2.86. The molecule has 22 heavy (non-hydrogen) atoms. The van der Waals surface area contributed by atoms with Gasteiger partial charge in [0, 0.05) is 10.4 Å². The van der Waals surface area contributed by atoms with Gasteiger partial charge in [0.1, 0.15) is 5.58 Å². The summed E-state index contributed by atoms with van der Waals surface area (Å²) in [6.45, 7) is 4.07. The molecule has 3 rings (SSSR count). The van der Waals surface area contributed by atoms with Gasteiger partial charge in [-0.15, -0.1) is 0 Å². The molecule has 0 saturated heterocycles. The van der Waals surface area contributed by atoms with E-state index in [1.807, 2.05) is 32.1 Å². The number of hydrogen-bond donors (Lipinski definition) is 0. The first-order chi connectivity index (χ1) is 10.5. The van der Waals surface area contributed by atoms with Gasteiger partial charge in [-0.2, -0.15) is 0 Å². The molecular weight excluding hydrogens is 296 g/mol. The van der Waals surface area contributed by atoms with Crippen molar-refractivity contribution < 1.29 is 9.21 Å². The number of carbonyl (C=O) groups is 1. The molecule has 0 unspecified atom stereocenters. The fourth-order valence-corrected chi connectivity index (χ4v) is 2.68. The van der Waals surface area contributed by atoms with Crippen molar-refractivity contribution in [3.63, 3.8) is 0 Å². The Bertz CT molecular complexity index is 867. The van der Waals surface area contributed by atoms with Crippen LogP contribution in [-0.2, 0) is 0 Å². The van der Waals surface area contributed by atoms with Crippen LogP contribution < -0.4 is 0 Å². The van der Waals surface area contributed by atoms with Crippen molar-refractivity contribution in [1.82, 2.24) is 0 Å². The maximum Gasteiger partial charge on any atom is 0.221 e. The molecule has 0 fully saturated rings. The van der Waals surface area contributed by atoms with Crippen molar-refractivity contribution in [3.05, 3.63) is 76.0 Å². The Hall–Kier alpha value is -2.32. The number of aryl methyl sites for hydroxylation is 2. The van der Waals surface area contributed by atoms with Gasteiger partial charge in [0.05, 0.1) is 0 Å². The van der Waals surface area contributed by atoms with Crippen molar-refractivity contribution >= 4 is 34.4 Å². The summed E-state index contributed by atoms with van der Waals surface area (Å²) < 4.78 is 5.56. The number of carbonyl (C=O) groups excluding carboxylic acids is 1. The smallest absolute Gasteiger partial charge is 0.221 e. The molecule has 0 radical (unpaired) electrons. The van der Waals surface area contributed by atoms with Crippen LogP contribution in [0.4, 0.5) is 0 Å². The topological polar surface area (TPSA) is 30.2 Å². The normalized spacial score (nSPS) is 11.4. The van der Waals surface area contributed by atoms with Crippen molar-refractivity contribution in [3.8, 4) is 0 Å². The number of ketones is 1. The Morgan fingerprint density at radius 1 is 1.05 bits per heavy atom. The molecule has 3 aromatic rings. The van der Waals surface area contributed by atoms with Gasteiger partial charge in [-0.25, -0.2) is 0 Å². The molecule has 2 nitrogen and oxygen atoms in total. The van der Waals surface area contributed by atoms with E-state index in [0.717, 1.165) is 10.9 Å². The molecule has 0 saturated carbocycles. The molecule has 1 heterocycles. The standard InChI is InChI=1S/C19H15ClO2/c1-12-7-13(2)9-14(8-12)3-5-17(21)19-11-15-10-16(20)4-6-18(15)22-19/h3-11H,1-2H3. The predicted octanol–water partition coefficient (Wildman–Crippen LogP) is 5.60. The summed E-state index contributed by atoms with van der Waals surface area (Å²) in [6.07, 6.45) is 3.34. The maximum absolute atomic E-state index is 12.2. The molecule has 0 atom stereocenters. The lowest BCUT2D eigenvalue weighted by Gasteiger charge is -1.99. The van der Waals surface area contributed by atoms with Crippen LogP contribution in [0.15, 0.2) is 53.0 Å². The van der Waals surface area contributed by atoms with Gasteiger partial charge in [0.25, 0.3) is 0 Å². The maximum atomic E-state index is 12.2. The molecule has 0 amide bonds. The van der Waals surface area contributed by atoms with Crippen molar-refractivity contribution in [2.45, 2.75) is 13.8 Å². The van der Waals surface area contributed by atoms with Gasteiger partial charge in [0.2, 0.25) is 5.78 Å². The van der Waals surface area contributed by atoms with E-state index in [1.54, 1.807) is 24.3 Å². The minimum absolute atomic E-state index is 0.161. The molecule has 0 aliphatic heterocycles. The number of furan rings is 1. The van der Waals surface area contributed by atoms with Crippen LogP contribution in [0.1, 0.15) is 27.2 Å². The van der Waals surface area contributed by atoms with E-state index < -0.39 is 0 Å². The second-order valence-electron chi connectivity index (χ2n) is 5.41. The lowest BCUT2D eigenvalue weighted by molar-refractivity contribution is 0.102.